The number of ketones is 2. The van der Waals surface area contributed by atoms with Crippen LogP contribution in [0.2, 0.25) is 10.0 Å². The molecular formula is C19H14Cl2O3. The Morgan fingerprint density at radius 1 is 0.917 bits per heavy atom. The SMILES string of the molecule is O=C(C=Cc1ccc(O)cc1)CC(=O)C=Cc1cc(Cl)ccc1Cl. The van der Waals surface area contributed by atoms with Crippen molar-refractivity contribution in [2.24, 2.45) is 0 Å². The molecule has 0 radical (unpaired) electrons. The molecule has 3 nitrogen and oxygen atoms in total. The fraction of sp³-hybridized carbons (Fsp3) is 0.0526. The lowest BCUT2D eigenvalue weighted by Crippen LogP contribution is -2.01. The maximum Gasteiger partial charge on any atom is 0.163 e. The first kappa shape index (κ1) is 18.0. The van der Waals surface area contributed by atoms with Gasteiger partial charge in [0.1, 0.15) is 5.75 Å². The summed E-state index contributed by atoms with van der Waals surface area (Å²) in [6, 6.07) is 11.3. The number of halogens is 2. The average Bonchev–Trinajstić information content (AvgIpc) is 2.55. The lowest BCUT2D eigenvalue weighted by Gasteiger charge is -1.98. The molecule has 0 amide bonds. The van der Waals surface area contributed by atoms with Crippen LogP contribution in [0, 0.1) is 0 Å². The largest absolute Gasteiger partial charge is 0.508 e. The standard InChI is InChI=1S/C19H14Cl2O3/c20-15-5-10-19(21)14(11-15)4-9-18(24)12-17(23)8-3-13-1-6-16(22)7-2-13/h1-11,22H,12H2. The van der Waals surface area contributed by atoms with Crippen LogP contribution in [0.25, 0.3) is 12.2 Å². The number of phenols is 1. The molecular weight excluding hydrogens is 347 g/mol. The lowest BCUT2D eigenvalue weighted by atomic mass is 10.1. The van der Waals surface area contributed by atoms with Crippen LogP contribution >= 0.6 is 23.2 Å². The van der Waals surface area contributed by atoms with Crippen molar-refractivity contribution in [1.82, 2.24) is 0 Å². The van der Waals surface area contributed by atoms with Crippen molar-refractivity contribution >= 4 is 46.9 Å². The monoisotopic (exact) mass is 360 g/mol. The molecule has 0 heterocycles. The molecule has 0 atom stereocenters. The fourth-order valence-electron chi connectivity index (χ4n) is 1.89. The van der Waals surface area contributed by atoms with Crippen LogP contribution in [-0.4, -0.2) is 16.7 Å². The number of rotatable bonds is 6. The van der Waals surface area contributed by atoms with E-state index in [0.717, 1.165) is 5.56 Å². The van der Waals surface area contributed by atoms with Gasteiger partial charge in [0.25, 0.3) is 0 Å². The number of hydrogen-bond acceptors (Lipinski definition) is 3. The molecule has 0 bridgehead atoms. The number of phenolic OH excluding ortho intramolecular Hbond substituents is 1. The third-order valence-electron chi connectivity index (χ3n) is 3.11. The van der Waals surface area contributed by atoms with Gasteiger partial charge in [0.05, 0.1) is 6.42 Å². The highest BCUT2D eigenvalue weighted by molar-refractivity contribution is 6.34. The Morgan fingerprint density at radius 2 is 1.54 bits per heavy atom. The second-order valence-corrected chi connectivity index (χ2v) is 5.88. The van der Waals surface area contributed by atoms with Gasteiger partial charge in [0.2, 0.25) is 0 Å². The summed E-state index contributed by atoms with van der Waals surface area (Å²) in [5, 5.41) is 10.2. The highest BCUT2D eigenvalue weighted by atomic mass is 35.5. The Morgan fingerprint density at radius 3 is 2.21 bits per heavy atom. The van der Waals surface area contributed by atoms with Crippen molar-refractivity contribution in [2.45, 2.75) is 6.42 Å². The van der Waals surface area contributed by atoms with Gasteiger partial charge in [-0.05, 0) is 59.7 Å². The van der Waals surface area contributed by atoms with Gasteiger partial charge >= 0.3 is 0 Å². The van der Waals surface area contributed by atoms with Crippen molar-refractivity contribution in [3.05, 3.63) is 75.8 Å². The minimum Gasteiger partial charge on any atom is -0.508 e. The zero-order chi connectivity index (χ0) is 17.5. The summed E-state index contributed by atoms with van der Waals surface area (Å²) in [6.45, 7) is 0. The average molecular weight is 361 g/mol. The van der Waals surface area contributed by atoms with Gasteiger partial charge in [0.15, 0.2) is 11.6 Å². The van der Waals surface area contributed by atoms with E-state index in [1.54, 1.807) is 36.4 Å². The molecule has 2 aromatic rings. The van der Waals surface area contributed by atoms with Crippen molar-refractivity contribution in [3.8, 4) is 5.75 Å². The van der Waals surface area contributed by atoms with Crippen LogP contribution in [-0.2, 0) is 9.59 Å². The second kappa shape index (κ2) is 8.48. The Balaban J connectivity index is 1.94. The van der Waals surface area contributed by atoms with E-state index in [9.17, 15) is 14.7 Å². The highest BCUT2D eigenvalue weighted by Gasteiger charge is 2.04. The summed E-state index contributed by atoms with van der Waals surface area (Å²) in [6.07, 6.45) is 5.54. The Labute approximate surface area is 149 Å². The number of carbonyl (C=O) groups is 2. The molecule has 2 rings (SSSR count). The summed E-state index contributed by atoms with van der Waals surface area (Å²) < 4.78 is 0. The molecule has 0 saturated heterocycles. The summed E-state index contributed by atoms with van der Waals surface area (Å²) in [7, 11) is 0. The Bertz CT molecular complexity index is 806. The molecule has 122 valence electrons. The molecule has 24 heavy (non-hydrogen) atoms. The molecule has 0 aromatic heterocycles. The summed E-state index contributed by atoms with van der Waals surface area (Å²) >= 11 is 11.9. The molecule has 0 saturated carbocycles. The summed E-state index contributed by atoms with van der Waals surface area (Å²) in [4.78, 5) is 23.6. The van der Waals surface area contributed by atoms with E-state index in [-0.39, 0.29) is 23.7 Å². The molecule has 5 heteroatoms. The van der Waals surface area contributed by atoms with Crippen LogP contribution < -0.4 is 0 Å². The van der Waals surface area contributed by atoms with E-state index in [1.807, 2.05) is 0 Å². The number of hydrogen-bond donors (Lipinski definition) is 1. The maximum absolute atomic E-state index is 11.8. The number of aromatic hydroxyl groups is 1. The van der Waals surface area contributed by atoms with E-state index in [1.165, 1.54) is 30.4 Å². The van der Waals surface area contributed by atoms with Crippen molar-refractivity contribution in [2.75, 3.05) is 0 Å². The number of carbonyl (C=O) groups excluding carboxylic acids is 2. The van der Waals surface area contributed by atoms with E-state index in [2.05, 4.69) is 0 Å². The number of allylic oxidation sites excluding steroid dienone is 2. The summed E-state index contributed by atoms with van der Waals surface area (Å²) in [5.41, 5.74) is 1.37. The zero-order valence-electron chi connectivity index (χ0n) is 12.6. The first-order chi connectivity index (χ1) is 11.4. The van der Waals surface area contributed by atoms with E-state index < -0.39 is 0 Å². The lowest BCUT2D eigenvalue weighted by molar-refractivity contribution is -0.121. The molecule has 0 unspecified atom stereocenters. The van der Waals surface area contributed by atoms with Gasteiger partial charge in [-0.3, -0.25) is 9.59 Å². The highest BCUT2D eigenvalue weighted by Crippen LogP contribution is 2.21. The van der Waals surface area contributed by atoms with Crippen LogP contribution in [0.15, 0.2) is 54.6 Å². The summed E-state index contributed by atoms with van der Waals surface area (Å²) in [5.74, 6) is -0.486. The van der Waals surface area contributed by atoms with Crippen molar-refractivity contribution in [1.29, 1.82) is 0 Å². The minimum atomic E-state index is -0.327. The van der Waals surface area contributed by atoms with E-state index in [0.29, 0.717) is 15.6 Å². The van der Waals surface area contributed by atoms with Crippen LogP contribution in [0.1, 0.15) is 17.5 Å². The first-order valence-corrected chi connectivity index (χ1v) is 7.85. The Kier molecular flexibility index (Phi) is 6.36. The van der Waals surface area contributed by atoms with E-state index in [4.69, 9.17) is 23.2 Å². The molecule has 0 fully saturated rings. The quantitative estimate of drug-likeness (QED) is 0.585. The molecule has 0 aliphatic rings. The topological polar surface area (TPSA) is 54.4 Å². The molecule has 1 N–H and O–H groups in total. The molecule has 0 spiro atoms. The first-order valence-electron chi connectivity index (χ1n) is 7.10. The van der Waals surface area contributed by atoms with Gasteiger partial charge in [-0.2, -0.15) is 0 Å². The second-order valence-electron chi connectivity index (χ2n) is 5.03. The maximum atomic E-state index is 11.8. The van der Waals surface area contributed by atoms with Crippen LogP contribution in [0.3, 0.4) is 0 Å². The fourth-order valence-corrected chi connectivity index (χ4v) is 2.25. The van der Waals surface area contributed by atoms with Gasteiger partial charge in [-0.25, -0.2) is 0 Å². The third-order valence-corrected chi connectivity index (χ3v) is 3.69. The van der Waals surface area contributed by atoms with Gasteiger partial charge in [-0.1, -0.05) is 41.4 Å². The molecule has 0 aliphatic heterocycles. The Hall–Kier alpha value is -2.36. The molecule has 0 aliphatic carbocycles. The third kappa shape index (κ3) is 5.69. The van der Waals surface area contributed by atoms with Gasteiger partial charge < -0.3 is 5.11 Å². The normalized spacial score (nSPS) is 11.2. The van der Waals surface area contributed by atoms with Crippen LogP contribution in [0.5, 0.6) is 5.75 Å². The van der Waals surface area contributed by atoms with Crippen molar-refractivity contribution < 1.29 is 14.7 Å². The molecule has 2 aromatic carbocycles. The van der Waals surface area contributed by atoms with Crippen LogP contribution in [0.4, 0.5) is 0 Å². The van der Waals surface area contributed by atoms with Crippen molar-refractivity contribution in [3.63, 3.8) is 0 Å². The van der Waals surface area contributed by atoms with Gasteiger partial charge in [0, 0.05) is 10.0 Å². The predicted octanol–water partition coefficient (Wildman–Crippen LogP) is 4.95. The van der Waals surface area contributed by atoms with Gasteiger partial charge in [-0.15, -0.1) is 0 Å². The zero-order valence-corrected chi connectivity index (χ0v) is 14.1. The smallest absolute Gasteiger partial charge is 0.163 e. The minimum absolute atomic E-state index is 0.151. The number of benzene rings is 2. The predicted molar refractivity (Wildman–Crippen MR) is 97.3 cm³/mol. The van der Waals surface area contributed by atoms with E-state index >= 15 is 0 Å².